The number of aromatic nitrogens is 2. The van der Waals surface area contributed by atoms with Crippen molar-refractivity contribution >= 4 is 0 Å². The molecule has 0 saturated carbocycles. The minimum Gasteiger partial charge on any atom is -0.493 e. The first-order valence-electron chi connectivity index (χ1n) is 6.31. The van der Waals surface area contributed by atoms with Crippen molar-refractivity contribution in [2.75, 3.05) is 13.2 Å². The van der Waals surface area contributed by atoms with Crippen LogP contribution >= 0.6 is 0 Å². The molecule has 0 amide bonds. The Hall–Kier alpha value is -1.88. The molecule has 0 bridgehead atoms. The van der Waals surface area contributed by atoms with E-state index in [1.54, 1.807) is 0 Å². The first kappa shape index (κ1) is 13.5. The van der Waals surface area contributed by atoms with E-state index in [9.17, 15) is 0 Å². The van der Waals surface area contributed by atoms with Crippen LogP contribution in [0.5, 0.6) is 5.75 Å². The molecule has 0 saturated heterocycles. The zero-order chi connectivity index (χ0) is 13.7. The molecule has 0 unspecified atom stereocenters. The number of benzene rings is 1. The molecule has 0 atom stereocenters. The minimum atomic E-state index is 0.0145. The van der Waals surface area contributed by atoms with Gasteiger partial charge in [-0.2, -0.15) is 0 Å². The first-order chi connectivity index (χ1) is 9.19. The predicted molar refractivity (Wildman–Crippen MR) is 70.2 cm³/mol. The molecule has 19 heavy (non-hydrogen) atoms. The van der Waals surface area contributed by atoms with Crippen molar-refractivity contribution in [1.29, 1.82) is 0 Å². The lowest BCUT2D eigenvalue weighted by Gasteiger charge is -2.08. The lowest BCUT2D eigenvalue weighted by molar-refractivity contribution is 0.277. The van der Waals surface area contributed by atoms with Gasteiger partial charge >= 0.3 is 0 Å². The Morgan fingerprint density at radius 2 is 1.89 bits per heavy atom. The molecule has 0 aliphatic heterocycles. The van der Waals surface area contributed by atoms with Crippen LogP contribution in [0.3, 0.4) is 0 Å². The fourth-order valence-electron chi connectivity index (χ4n) is 1.70. The minimum absolute atomic E-state index is 0.0145. The van der Waals surface area contributed by atoms with E-state index < -0.39 is 0 Å². The van der Waals surface area contributed by atoms with E-state index in [0.717, 1.165) is 11.3 Å². The van der Waals surface area contributed by atoms with Crippen molar-refractivity contribution in [2.45, 2.75) is 26.7 Å². The van der Waals surface area contributed by atoms with Gasteiger partial charge in [0.2, 0.25) is 11.8 Å². The van der Waals surface area contributed by atoms with Gasteiger partial charge in [0.1, 0.15) is 5.75 Å². The monoisotopic (exact) mass is 262 g/mol. The maximum Gasteiger partial charge on any atom is 0.219 e. The van der Waals surface area contributed by atoms with E-state index >= 15 is 0 Å². The summed E-state index contributed by atoms with van der Waals surface area (Å²) in [6.07, 6.45) is 0.955. The highest BCUT2D eigenvalue weighted by molar-refractivity contribution is 5.35. The Morgan fingerprint density at radius 1 is 1.16 bits per heavy atom. The second kappa shape index (κ2) is 6.33. The van der Waals surface area contributed by atoms with E-state index in [1.807, 2.05) is 26.0 Å². The normalized spacial score (nSPS) is 10.7. The quantitative estimate of drug-likeness (QED) is 0.860. The molecule has 0 fully saturated rings. The number of aryl methyl sites for hydroxylation is 2. The fraction of sp³-hybridized carbons (Fsp3) is 0.429. The van der Waals surface area contributed by atoms with Crippen molar-refractivity contribution in [1.82, 2.24) is 10.2 Å². The van der Waals surface area contributed by atoms with Crippen molar-refractivity contribution in [2.24, 2.45) is 0 Å². The zero-order valence-electron chi connectivity index (χ0n) is 11.2. The molecule has 2 aromatic rings. The van der Waals surface area contributed by atoms with Gasteiger partial charge in [0.25, 0.3) is 0 Å². The SMILES string of the molecule is Cc1ccc(C)c(OCCc2nnc(CCO)o2)c1. The summed E-state index contributed by atoms with van der Waals surface area (Å²) < 4.78 is 11.1. The van der Waals surface area contributed by atoms with Crippen molar-refractivity contribution in [3.8, 4) is 5.75 Å². The summed E-state index contributed by atoms with van der Waals surface area (Å²) in [6, 6.07) is 6.11. The number of aliphatic hydroxyl groups excluding tert-OH is 1. The van der Waals surface area contributed by atoms with E-state index in [0.29, 0.717) is 31.2 Å². The van der Waals surface area contributed by atoms with Gasteiger partial charge in [-0.1, -0.05) is 12.1 Å². The summed E-state index contributed by atoms with van der Waals surface area (Å²) in [5.41, 5.74) is 2.28. The average Bonchev–Trinajstić information content (AvgIpc) is 2.82. The Morgan fingerprint density at radius 3 is 2.63 bits per heavy atom. The summed E-state index contributed by atoms with van der Waals surface area (Å²) in [5, 5.41) is 16.5. The summed E-state index contributed by atoms with van der Waals surface area (Å²) in [5.74, 6) is 1.88. The summed E-state index contributed by atoms with van der Waals surface area (Å²) in [4.78, 5) is 0. The van der Waals surface area contributed by atoms with Gasteiger partial charge in [0.05, 0.1) is 19.6 Å². The standard InChI is InChI=1S/C14H18N2O3/c1-10-3-4-11(2)12(9-10)18-8-6-14-16-15-13(19-14)5-7-17/h3-4,9,17H,5-8H2,1-2H3. The molecule has 102 valence electrons. The topological polar surface area (TPSA) is 68.4 Å². The molecular weight excluding hydrogens is 244 g/mol. The van der Waals surface area contributed by atoms with Crippen LogP contribution in [0.25, 0.3) is 0 Å². The van der Waals surface area contributed by atoms with Crippen LogP contribution in [0.15, 0.2) is 22.6 Å². The van der Waals surface area contributed by atoms with Crippen LogP contribution in [0.2, 0.25) is 0 Å². The largest absolute Gasteiger partial charge is 0.493 e. The fourth-order valence-corrected chi connectivity index (χ4v) is 1.70. The van der Waals surface area contributed by atoms with E-state index in [4.69, 9.17) is 14.3 Å². The van der Waals surface area contributed by atoms with Gasteiger partial charge in [-0.15, -0.1) is 10.2 Å². The molecule has 0 aliphatic rings. The van der Waals surface area contributed by atoms with Crippen molar-refractivity contribution in [3.05, 3.63) is 41.1 Å². The third-order valence-electron chi connectivity index (χ3n) is 2.75. The predicted octanol–water partition coefficient (Wildman–Crippen LogP) is 1.84. The molecule has 0 spiro atoms. The third kappa shape index (κ3) is 3.79. The van der Waals surface area contributed by atoms with Crippen LogP contribution in [0.4, 0.5) is 0 Å². The van der Waals surface area contributed by atoms with Crippen LogP contribution < -0.4 is 4.74 Å². The van der Waals surface area contributed by atoms with Gasteiger partial charge in [-0.3, -0.25) is 0 Å². The van der Waals surface area contributed by atoms with Crippen LogP contribution in [-0.2, 0) is 12.8 Å². The lowest BCUT2D eigenvalue weighted by Crippen LogP contribution is -2.03. The van der Waals surface area contributed by atoms with Gasteiger partial charge < -0.3 is 14.3 Å². The second-order valence-corrected chi connectivity index (χ2v) is 4.43. The first-order valence-corrected chi connectivity index (χ1v) is 6.31. The highest BCUT2D eigenvalue weighted by Crippen LogP contribution is 2.19. The molecule has 5 nitrogen and oxygen atoms in total. The van der Waals surface area contributed by atoms with Crippen LogP contribution in [0.1, 0.15) is 22.9 Å². The lowest BCUT2D eigenvalue weighted by atomic mass is 10.1. The Kier molecular flexibility index (Phi) is 4.52. The third-order valence-corrected chi connectivity index (χ3v) is 2.75. The smallest absolute Gasteiger partial charge is 0.219 e. The highest BCUT2D eigenvalue weighted by Gasteiger charge is 2.06. The molecule has 0 radical (unpaired) electrons. The van der Waals surface area contributed by atoms with E-state index in [1.165, 1.54) is 5.56 Å². The van der Waals surface area contributed by atoms with Crippen LogP contribution in [0, 0.1) is 13.8 Å². The van der Waals surface area contributed by atoms with Crippen LogP contribution in [-0.4, -0.2) is 28.5 Å². The summed E-state index contributed by atoms with van der Waals surface area (Å²) in [6.45, 7) is 4.55. The van der Waals surface area contributed by atoms with Gasteiger partial charge in [0, 0.05) is 6.42 Å². The molecule has 0 aliphatic carbocycles. The Balaban J connectivity index is 1.87. The molecule has 1 N–H and O–H groups in total. The van der Waals surface area contributed by atoms with E-state index in [2.05, 4.69) is 16.3 Å². The molecule has 2 rings (SSSR count). The van der Waals surface area contributed by atoms with Gasteiger partial charge in [0.15, 0.2) is 0 Å². The molecule has 5 heteroatoms. The molecule has 1 aromatic carbocycles. The summed E-state index contributed by atoms with van der Waals surface area (Å²) in [7, 11) is 0. The summed E-state index contributed by atoms with van der Waals surface area (Å²) >= 11 is 0. The Bertz CT molecular complexity index is 537. The number of aliphatic hydroxyl groups is 1. The molecular formula is C14H18N2O3. The number of ether oxygens (including phenoxy) is 1. The number of nitrogens with zero attached hydrogens (tertiary/aromatic N) is 2. The number of rotatable bonds is 6. The average molecular weight is 262 g/mol. The highest BCUT2D eigenvalue weighted by atomic mass is 16.5. The van der Waals surface area contributed by atoms with E-state index in [-0.39, 0.29) is 6.61 Å². The molecule has 1 aromatic heterocycles. The van der Waals surface area contributed by atoms with Crippen molar-refractivity contribution < 1.29 is 14.3 Å². The second-order valence-electron chi connectivity index (χ2n) is 4.43. The maximum atomic E-state index is 8.76. The maximum absolute atomic E-state index is 8.76. The van der Waals surface area contributed by atoms with Gasteiger partial charge in [-0.05, 0) is 31.0 Å². The Labute approximate surface area is 112 Å². The number of hydrogen-bond acceptors (Lipinski definition) is 5. The number of hydrogen-bond donors (Lipinski definition) is 1. The van der Waals surface area contributed by atoms with Crippen molar-refractivity contribution in [3.63, 3.8) is 0 Å². The molecule has 1 heterocycles. The zero-order valence-corrected chi connectivity index (χ0v) is 11.2. The van der Waals surface area contributed by atoms with Gasteiger partial charge in [-0.25, -0.2) is 0 Å².